The van der Waals surface area contributed by atoms with Gasteiger partial charge in [-0.25, -0.2) is 8.78 Å². The Morgan fingerprint density at radius 2 is 1.89 bits per heavy atom. The molecule has 0 aliphatic rings. The van der Waals surface area contributed by atoms with Crippen molar-refractivity contribution in [2.24, 2.45) is 5.41 Å². The molecule has 0 heterocycles. The normalized spacial score (nSPS) is 13.7. The minimum atomic E-state index is -0.373. The highest BCUT2D eigenvalue weighted by Gasteiger charge is 2.23. The first-order valence-electron chi connectivity index (χ1n) is 6.52. The Labute approximate surface area is 109 Å². The Morgan fingerprint density at radius 3 is 2.44 bits per heavy atom. The topological polar surface area (TPSA) is 12.0 Å². The van der Waals surface area contributed by atoms with E-state index in [9.17, 15) is 8.78 Å². The van der Waals surface area contributed by atoms with Crippen molar-refractivity contribution < 1.29 is 8.78 Å². The van der Waals surface area contributed by atoms with Gasteiger partial charge in [0, 0.05) is 6.04 Å². The van der Waals surface area contributed by atoms with Gasteiger partial charge in [-0.3, -0.25) is 0 Å². The zero-order valence-corrected chi connectivity index (χ0v) is 11.7. The SMILES string of the molecule is CCNC(CCc1cc(F)ccc1F)C(C)(C)C. The highest BCUT2D eigenvalue weighted by Crippen LogP contribution is 2.24. The van der Waals surface area contributed by atoms with E-state index in [0.717, 1.165) is 19.0 Å². The predicted octanol–water partition coefficient (Wildman–Crippen LogP) is 3.92. The number of hydrogen-bond acceptors (Lipinski definition) is 1. The summed E-state index contributed by atoms with van der Waals surface area (Å²) in [7, 11) is 0. The van der Waals surface area contributed by atoms with Crippen LogP contribution >= 0.6 is 0 Å². The zero-order chi connectivity index (χ0) is 13.8. The summed E-state index contributed by atoms with van der Waals surface area (Å²) in [6, 6.07) is 3.94. The monoisotopic (exact) mass is 255 g/mol. The average Bonchev–Trinajstić information content (AvgIpc) is 2.27. The second-order valence-corrected chi connectivity index (χ2v) is 5.75. The van der Waals surface area contributed by atoms with Crippen LogP contribution in [0.2, 0.25) is 0 Å². The largest absolute Gasteiger partial charge is 0.314 e. The molecule has 1 nitrogen and oxygen atoms in total. The van der Waals surface area contributed by atoms with Crippen LogP contribution in [0.4, 0.5) is 8.78 Å². The van der Waals surface area contributed by atoms with Gasteiger partial charge in [0.25, 0.3) is 0 Å². The van der Waals surface area contributed by atoms with Crippen LogP contribution in [0.25, 0.3) is 0 Å². The number of hydrogen-bond donors (Lipinski definition) is 1. The molecule has 0 spiro atoms. The molecule has 102 valence electrons. The quantitative estimate of drug-likeness (QED) is 0.841. The van der Waals surface area contributed by atoms with Crippen LogP contribution in [-0.2, 0) is 6.42 Å². The molecule has 1 aromatic carbocycles. The van der Waals surface area contributed by atoms with Gasteiger partial charge in [0.05, 0.1) is 0 Å². The second kappa shape index (κ2) is 6.28. The van der Waals surface area contributed by atoms with Gasteiger partial charge in [0.1, 0.15) is 11.6 Å². The molecule has 1 rings (SSSR count). The Morgan fingerprint density at radius 1 is 1.22 bits per heavy atom. The third kappa shape index (κ3) is 4.37. The lowest BCUT2D eigenvalue weighted by Gasteiger charge is -2.31. The number of halogens is 2. The van der Waals surface area contributed by atoms with E-state index in [2.05, 4.69) is 33.0 Å². The van der Waals surface area contributed by atoms with E-state index in [1.165, 1.54) is 12.1 Å². The summed E-state index contributed by atoms with van der Waals surface area (Å²) in [4.78, 5) is 0. The van der Waals surface area contributed by atoms with Crippen LogP contribution in [0.3, 0.4) is 0 Å². The maximum Gasteiger partial charge on any atom is 0.126 e. The van der Waals surface area contributed by atoms with Crippen molar-refractivity contribution in [2.75, 3.05) is 6.54 Å². The van der Waals surface area contributed by atoms with E-state index >= 15 is 0 Å². The summed E-state index contributed by atoms with van der Waals surface area (Å²) in [5.41, 5.74) is 0.571. The van der Waals surface area contributed by atoms with Crippen molar-refractivity contribution in [1.82, 2.24) is 5.32 Å². The molecule has 0 aliphatic heterocycles. The van der Waals surface area contributed by atoms with E-state index in [1.807, 2.05) is 0 Å². The fourth-order valence-electron chi connectivity index (χ4n) is 2.12. The predicted molar refractivity (Wildman–Crippen MR) is 71.6 cm³/mol. The van der Waals surface area contributed by atoms with E-state index in [4.69, 9.17) is 0 Å². The molecule has 18 heavy (non-hydrogen) atoms. The number of rotatable bonds is 5. The third-order valence-electron chi connectivity index (χ3n) is 3.21. The van der Waals surface area contributed by atoms with Crippen LogP contribution in [-0.4, -0.2) is 12.6 Å². The van der Waals surface area contributed by atoms with Crippen molar-refractivity contribution in [2.45, 2.75) is 46.6 Å². The molecule has 1 aromatic rings. The van der Waals surface area contributed by atoms with E-state index in [1.54, 1.807) is 0 Å². The van der Waals surface area contributed by atoms with Gasteiger partial charge in [-0.1, -0.05) is 27.7 Å². The van der Waals surface area contributed by atoms with Crippen molar-refractivity contribution in [3.8, 4) is 0 Å². The summed E-state index contributed by atoms with van der Waals surface area (Å²) < 4.78 is 26.6. The fourth-order valence-corrected chi connectivity index (χ4v) is 2.12. The first kappa shape index (κ1) is 15.1. The van der Waals surface area contributed by atoms with Crippen LogP contribution in [0.5, 0.6) is 0 Å². The molecule has 0 bridgehead atoms. The molecule has 1 N–H and O–H groups in total. The smallest absolute Gasteiger partial charge is 0.126 e. The second-order valence-electron chi connectivity index (χ2n) is 5.75. The van der Waals surface area contributed by atoms with Crippen LogP contribution in [0.15, 0.2) is 18.2 Å². The molecular formula is C15H23F2N. The molecule has 0 aliphatic carbocycles. The van der Waals surface area contributed by atoms with Gasteiger partial charge in [0.2, 0.25) is 0 Å². The average molecular weight is 255 g/mol. The van der Waals surface area contributed by atoms with Crippen molar-refractivity contribution in [3.63, 3.8) is 0 Å². The van der Waals surface area contributed by atoms with Gasteiger partial charge in [0.15, 0.2) is 0 Å². The molecule has 1 atom stereocenters. The number of benzene rings is 1. The summed E-state index contributed by atoms with van der Waals surface area (Å²) in [6.45, 7) is 9.40. The number of aryl methyl sites for hydroxylation is 1. The summed E-state index contributed by atoms with van der Waals surface area (Å²) in [5, 5.41) is 3.41. The minimum absolute atomic E-state index is 0.111. The van der Waals surface area contributed by atoms with Gasteiger partial charge in [-0.05, 0) is 48.6 Å². The molecule has 0 radical (unpaired) electrons. The van der Waals surface area contributed by atoms with Gasteiger partial charge < -0.3 is 5.32 Å². The summed E-state index contributed by atoms with van der Waals surface area (Å²) in [5.74, 6) is -0.692. The van der Waals surface area contributed by atoms with Crippen LogP contribution < -0.4 is 5.32 Å². The molecular weight excluding hydrogens is 232 g/mol. The number of nitrogens with one attached hydrogen (secondary N) is 1. The summed E-state index contributed by atoms with van der Waals surface area (Å²) >= 11 is 0. The maximum atomic E-state index is 13.5. The highest BCUT2D eigenvalue weighted by molar-refractivity contribution is 5.19. The highest BCUT2D eigenvalue weighted by atomic mass is 19.1. The standard InChI is InChI=1S/C15H23F2N/c1-5-18-14(15(2,3)4)9-6-11-10-12(16)7-8-13(11)17/h7-8,10,14,18H,5-6,9H2,1-4H3. The van der Waals surface area contributed by atoms with Gasteiger partial charge in [-0.2, -0.15) is 0 Å². The van der Waals surface area contributed by atoms with Crippen molar-refractivity contribution >= 4 is 0 Å². The lowest BCUT2D eigenvalue weighted by atomic mass is 9.83. The fraction of sp³-hybridized carbons (Fsp3) is 0.600. The van der Waals surface area contributed by atoms with Gasteiger partial charge in [-0.15, -0.1) is 0 Å². The zero-order valence-electron chi connectivity index (χ0n) is 11.7. The lowest BCUT2D eigenvalue weighted by Crippen LogP contribution is -2.40. The third-order valence-corrected chi connectivity index (χ3v) is 3.21. The first-order valence-corrected chi connectivity index (χ1v) is 6.52. The molecule has 3 heteroatoms. The molecule has 0 saturated carbocycles. The molecule has 0 amide bonds. The van der Waals surface area contributed by atoms with E-state index in [0.29, 0.717) is 18.0 Å². The molecule has 0 fully saturated rings. The Hall–Kier alpha value is -0.960. The van der Waals surface area contributed by atoms with Crippen molar-refractivity contribution in [1.29, 1.82) is 0 Å². The Kier molecular flexibility index (Phi) is 5.27. The molecule has 0 aromatic heterocycles. The summed E-state index contributed by atoms with van der Waals surface area (Å²) in [6.07, 6.45) is 1.36. The maximum absolute atomic E-state index is 13.5. The lowest BCUT2D eigenvalue weighted by molar-refractivity contribution is 0.258. The van der Waals surface area contributed by atoms with Gasteiger partial charge >= 0.3 is 0 Å². The minimum Gasteiger partial charge on any atom is -0.314 e. The van der Waals surface area contributed by atoms with Crippen molar-refractivity contribution in [3.05, 3.63) is 35.4 Å². The van der Waals surface area contributed by atoms with Crippen LogP contribution in [0.1, 0.15) is 39.7 Å². The van der Waals surface area contributed by atoms with Crippen LogP contribution in [0, 0.1) is 17.0 Å². The Bertz CT molecular complexity index is 383. The Balaban J connectivity index is 2.70. The van der Waals surface area contributed by atoms with E-state index in [-0.39, 0.29) is 17.0 Å². The molecule has 1 unspecified atom stereocenters. The first-order chi connectivity index (χ1) is 8.34. The molecule has 0 saturated heterocycles. The van der Waals surface area contributed by atoms with E-state index < -0.39 is 0 Å².